The van der Waals surface area contributed by atoms with Crippen molar-refractivity contribution in [1.29, 1.82) is 0 Å². The third kappa shape index (κ3) is 11.3. The van der Waals surface area contributed by atoms with E-state index in [1.807, 2.05) is 20.1 Å². The first kappa shape index (κ1) is 29.7. The minimum absolute atomic E-state index is 0.116. The Labute approximate surface area is 192 Å². The molecule has 12 heteroatoms. The van der Waals surface area contributed by atoms with Crippen LogP contribution in [0.5, 0.6) is 0 Å². The Morgan fingerprint density at radius 1 is 0.875 bits per heavy atom. The molecule has 0 aromatic heterocycles. The van der Waals surface area contributed by atoms with Crippen molar-refractivity contribution in [3.05, 3.63) is 0 Å². The van der Waals surface area contributed by atoms with Gasteiger partial charge in [-0.2, -0.15) is 11.8 Å². The monoisotopic (exact) mass is 476 g/mol. The highest BCUT2D eigenvalue weighted by Gasteiger charge is 2.32. The van der Waals surface area contributed by atoms with Crippen LogP contribution in [-0.2, 0) is 24.0 Å². The molecule has 0 aromatic carbocycles. The summed E-state index contributed by atoms with van der Waals surface area (Å²) in [6.07, 6.45) is 1.65. The number of carbonyl (C=O) groups is 5. The molecule has 0 spiro atoms. The molecule has 0 heterocycles. The van der Waals surface area contributed by atoms with Crippen LogP contribution in [0.4, 0.5) is 0 Å². The first-order chi connectivity index (χ1) is 14.8. The molecule has 0 aromatic rings. The van der Waals surface area contributed by atoms with E-state index < -0.39 is 66.2 Å². The van der Waals surface area contributed by atoms with E-state index >= 15 is 0 Å². The van der Waals surface area contributed by atoms with E-state index in [1.54, 1.807) is 13.8 Å². The Balaban J connectivity index is 5.39. The van der Waals surface area contributed by atoms with Gasteiger partial charge in [0, 0.05) is 0 Å². The molecule has 0 aliphatic rings. The quantitative estimate of drug-likeness (QED) is 0.186. The smallest absolute Gasteiger partial charge is 0.326 e. The van der Waals surface area contributed by atoms with Crippen molar-refractivity contribution in [3.63, 3.8) is 0 Å². The summed E-state index contributed by atoms with van der Waals surface area (Å²) in [5.41, 5.74) is 5.81. The topological polar surface area (TPSA) is 188 Å². The molecule has 0 fully saturated rings. The van der Waals surface area contributed by atoms with E-state index in [9.17, 15) is 29.1 Å². The molecule has 0 bridgehead atoms. The maximum absolute atomic E-state index is 12.7. The third-order valence-electron chi connectivity index (χ3n) is 4.55. The molecule has 11 nitrogen and oxygen atoms in total. The SMILES string of the molecule is CSCCC(NC(=O)C(NC(=O)C(CC(=O)O)NC(=O)C(N)CC(C)C)C(C)C)C(=O)O. The van der Waals surface area contributed by atoms with Crippen LogP contribution >= 0.6 is 11.8 Å². The van der Waals surface area contributed by atoms with Crippen LogP contribution in [-0.4, -0.2) is 76.0 Å². The number of carboxylic acid groups (broad SMARTS) is 2. The lowest BCUT2D eigenvalue weighted by atomic mass is 10.0. The van der Waals surface area contributed by atoms with E-state index in [-0.39, 0.29) is 12.3 Å². The second kappa shape index (κ2) is 14.7. The molecule has 4 unspecified atom stereocenters. The predicted octanol–water partition coefficient (Wildman–Crippen LogP) is -0.217. The average Bonchev–Trinajstić information content (AvgIpc) is 2.66. The first-order valence-corrected chi connectivity index (χ1v) is 11.8. The van der Waals surface area contributed by atoms with Crippen LogP contribution < -0.4 is 21.7 Å². The highest BCUT2D eigenvalue weighted by molar-refractivity contribution is 7.98. The average molecular weight is 477 g/mol. The fourth-order valence-electron chi connectivity index (χ4n) is 2.82. The van der Waals surface area contributed by atoms with Crippen molar-refractivity contribution in [2.24, 2.45) is 17.6 Å². The number of carboxylic acids is 2. The lowest BCUT2D eigenvalue weighted by Crippen LogP contribution is -2.58. The van der Waals surface area contributed by atoms with E-state index in [0.717, 1.165) is 0 Å². The molecular weight excluding hydrogens is 440 g/mol. The van der Waals surface area contributed by atoms with Crippen molar-refractivity contribution in [2.45, 2.75) is 71.1 Å². The molecule has 0 radical (unpaired) electrons. The molecule has 4 atom stereocenters. The Morgan fingerprint density at radius 3 is 1.88 bits per heavy atom. The molecule has 0 saturated carbocycles. The largest absolute Gasteiger partial charge is 0.481 e. The van der Waals surface area contributed by atoms with Gasteiger partial charge in [0.15, 0.2) is 0 Å². The molecule has 32 heavy (non-hydrogen) atoms. The molecule has 184 valence electrons. The van der Waals surface area contributed by atoms with Gasteiger partial charge in [0.2, 0.25) is 17.7 Å². The maximum Gasteiger partial charge on any atom is 0.326 e. The fraction of sp³-hybridized carbons (Fsp3) is 0.750. The van der Waals surface area contributed by atoms with Gasteiger partial charge in [-0.25, -0.2) is 4.79 Å². The van der Waals surface area contributed by atoms with E-state index in [1.165, 1.54) is 11.8 Å². The van der Waals surface area contributed by atoms with Crippen LogP contribution in [0.15, 0.2) is 0 Å². The van der Waals surface area contributed by atoms with Gasteiger partial charge in [0.25, 0.3) is 0 Å². The van der Waals surface area contributed by atoms with Crippen molar-refractivity contribution in [3.8, 4) is 0 Å². The fourth-order valence-corrected chi connectivity index (χ4v) is 3.29. The van der Waals surface area contributed by atoms with Gasteiger partial charge in [0.05, 0.1) is 12.5 Å². The summed E-state index contributed by atoms with van der Waals surface area (Å²) < 4.78 is 0. The van der Waals surface area contributed by atoms with Gasteiger partial charge in [0.1, 0.15) is 18.1 Å². The summed E-state index contributed by atoms with van der Waals surface area (Å²) in [5.74, 6) is -4.58. The Kier molecular flexibility index (Phi) is 13.6. The second-order valence-electron chi connectivity index (χ2n) is 8.31. The number of carbonyl (C=O) groups excluding carboxylic acids is 3. The Morgan fingerprint density at radius 2 is 1.44 bits per heavy atom. The molecule has 0 aliphatic carbocycles. The third-order valence-corrected chi connectivity index (χ3v) is 5.19. The highest BCUT2D eigenvalue weighted by atomic mass is 32.2. The summed E-state index contributed by atoms with van der Waals surface area (Å²) in [6, 6.07) is -4.62. The number of nitrogens with two attached hydrogens (primary N) is 1. The van der Waals surface area contributed by atoms with E-state index in [4.69, 9.17) is 10.8 Å². The zero-order chi connectivity index (χ0) is 25.0. The van der Waals surface area contributed by atoms with Crippen molar-refractivity contribution in [2.75, 3.05) is 12.0 Å². The summed E-state index contributed by atoms with van der Waals surface area (Å²) in [6.45, 7) is 7.02. The second-order valence-corrected chi connectivity index (χ2v) is 9.29. The zero-order valence-electron chi connectivity index (χ0n) is 19.2. The number of nitrogens with one attached hydrogen (secondary N) is 3. The first-order valence-electron chi connectivity index (χ1n) is 10.4. The molecule has 0 aliphatic heterocycles. The van der Waals surface area contributed by atoms with E-state index in [2.05, 4.69) is 16.0 Å². The standard InChI is InChI=1S/C20H36N4O7S/c1-10(2)8-12(21)17(27)23-14(9-15(25)26)18(28)24-16(11(3)4)19(29)22-13(20(30)31)6-7-32-5/h10-14,16H,6-9,21H2,1-5H3,(H,22,29)(H,23,27)(H,24,28)(H,25,26)(H,30,31). The minimum Gasteiger partial charge on any atom is -0.481 e. The molecule has 0 rings (SSSR count). The summed E-state index contributed by atoms with van der Waals surface area (Å²) in [5, 5.41) is 25.6. The number of thioether (sulfide) groups is 1. The molecule has 7 N–H and O–H groups in total. The summed E-state index contributed by atoms with van der Waals surface area (Å²) >= 11 is 1.43. The van der Waals surface area contributed by atoms with Gasteiger partial charge in [-0.05, 0) is 36.7 Å². The Hall–Kier alpha value is -2.34. The van der Waals surface area contributed by atoms with Crippen molar-refractivity contribution < 1.29 is 34.2 Å². The lowest BCUT2D eigenvalue weighted by Gasteiger charge is -2.26. The Bertz CT molecular complexity index is 672. The number of hydrogen-bond acceptors (Lipinski definition) is 7. The van der Waals surface area contributed by atoms with Crippen molar-refractivity contribution >= 4 is 41.4 Å². The number of rotatable bonds is 15. The van der Waals surface area contributed by atoms with Gasteiger partial charge in [-0.1, -0.05) is 27.7 Å². The summed E-state index contributed by atoms with van der Waals surface area (Å²) in [7, 11) is 0. The van der Waals surface area contributed by atoms with Gasteiger partial charge in [-0.3, -0.25) is 19.2 Å². The molecule has 3 amide bonds. The number of amides is 3. The van der Waals surface area contributed by atoms with E-state index in [0.29, 0.717) is 12.2 Å². The van der Waals surface area contributed by atoms with Crippen LogP contribution in [0, 0.1) is 11.8 Å². The molecule has 0 saturated heterocycles. The van der Waals surface area contributed by atoms with Gasteiger partial charge in [-0.15, -0.1) is 0 Å². The van der Waals surface area contributed by atoms with Crippen LogP contribution in [0.3, 0.4) is 0 Å². The van der Waals surface area contributed by atoms with Crippen molar-refractivity contribution in [1.82, 2.24) is 16.0 Å². The van der Waals surface area contributed by atoms with Gasteiger partial charge < -0.3 is 31.9 Å². The zero-order valence-corrected chi connectivity index (χ0v) is 20.0. The van der Waals surface area contributed by atoms with Gasteiger partial charge >= 0.3 is 11.9 Å². The minimum atomic E-state index is -1.45. The molecular formula is C20H36N4O7S. The normalized spacial score (nSPS) is 14.9. The van der Waals surface area contributed by atoms with Crippen LogP contribution in [0.2, 0.25) is 0 Å². The number of aliphatic carboxylic acids is 2. The van der Waals surface area contributed by atoms with Crippen LogP contribution in [0.25, 0.3) is 0 Å². The maximum atomic E-state index is 12.7. The predicted molar refractivity (Wildman–Crippen MR) is 121 cm³/mol. The highest BCUT2D eigenvalue weighted by Crippen LogP contribution is 2.08. The summed E-state index contributed by atoms with van der Waals surface area (Å²) in [4.78, 5) is 60.3. The number of hydrogen-bond donors (Lipinski definition) is 6. The van der Waals surface area contributed by atoms with Crippen LogP contribution in [0.1, 0.15) is 47.0 Å². The lowest BCUT2D eigenvalue weighted by molar-refractivity contribution is -0.143.